The summed E-state index contributed by atoms with van der Waals surface area (Å²) in [5.74, 6) is 1.05. The number of aryl methyl sites for hydroxylation is 1. The van der Waals surface area contributed by atoms with Crippen molar-refractivity contribution in [3.05, 3.63) is 95.7 Å². The quantitative estimate of drug-likeness (QED) is 0.307. The molecule has 4 rings (SSSR count). The summed E-state index contributed by atoms with van der Waals surface area (Å²) < 4.78 is 16.8. The molecule has 0 aliphatic heterocycles. The van der Waals surface area contributed by atoms with Gasteiger partial charge in [-0.25, -0.2) is 9.79 Å². The molecule has 1 heterocycles. The van der Waals surface area contributed by atoms with Crippen LogP contribution in [0.25, 0.3) is 11.0 Å². The number of methoxy groups -OCH3 is 1. The van der Waals surface area contributed by atoms with Gasteiger partial charge in [0.15, 0.2) is 5.76 Å². The number of ether oxygens (including phenoxy) is 2. The molecule has 30 heavy (non-hydrogen) atoms. The molecule has 0 spiro atoms. The van der Waals surface area contributed by atoms with Gasteiger partial charge in [-0.1, -0.05) is 36.4 Å². The highest BCUT2D eigenvalue weighted by Gasteiger charge is 2.17. The Labute approximate surface area is 174 Å². The standard InChI is InChI=1S/C25H21NO4/c1-17-21-10-6-7-11-23(21)30-24(17)22(16-29-20-8-4-3-5-9-20)26-19-14-12-18(13-15-19)25(27)28-2/h3-15H,16H2,1-2H3. The number of aliphatic imine (C=N–C) groups is 1. The van der Waals surface area contributed by atoms with Crippen molar-refractivity contribution >= 4 is 28.3 Å². The van der Waals surface area contributed by atoms with Crippen LogP contribution in [-0.2, 0) is 4.74 Å². The Kier molecular flexibility index (Phi) is 5.61. The van der Waals surface area contributed by atoms with Gasteiger partial charge < -0.3 is 13.9 Å². The monoisotopic (exact) mass is 399 g/mol. The molecule has 0 radical (unpaired) electrons. The molecule has 0 aliphatic rings. The van der Waals surface area contributed by atoms with Crippen LogP contribution in [-0.4, -0.2) is 25.4 Å². The molecule has 0 aliphatic carbocycles. The third kappa shape index (κ3) is 4.10. The number of para-hydroxylation sites is 2. The molecule has 0 atom stereocenters. The molecule has 3 aromatic carbocycles. The zero-order valence-corrected chi connectivity index (χ0v) is 16.8. The highest BCUT2D eigenvalue weighted by Crippen LogP contribution is 2.27. The average Bonchev–Trinajstić information content (AvgIpc) is 3.14. The van der Waals surface area contributed by atoms with Crippen molar-refractivity contribution < 1.29 is 18.7 Å². The summed E-state index contributed by atoms with van der Waals surface area (Å²) in [5.41, 5.74) is 3.64. The lowest BCUT2D eigenvalue weighted by Gasteiger charge is -2.09. The Morgan fingerprint density at radius 2 is 1.63 bits per heavy atom. The van der Waals surface area contributed by atoms with E-state index >= 15 is 0 Å². The van der Waals surface area contributed by atoms with Gasteiger partial charge in [0.05, 0.1) is 18.4 Å². The number of carbonyl (C=O) groups is 1. The van der Waals surface area contributed by atoms with Crippen molar-refractivity contribution in [2.45, 2.75) is 6.92 Å². The first-order valence-corrected chi connectivity index (χ1v) is 9.58. The van der Waals surface area contributed by atoms with Crippen LogP contribution in [0, 0.1) is 6.92 Å². The zero-order chi connectivity index (χ0) is 20.9. The normalized spacial score (nSPS) is 11.5. The van der Waals surface area contributed by atoms with E-state index in [1.54, 1.807) is 24.3 Å². The molecular weight excluding hydrogens is 378 g/mol. The van der Waals surface area contributed by atoms with Gasteiger partial charge in [-0.3, -0.25) is 0 Å². The average molecular weight is 399 g/mol. The molecule has 0 fully saturated rings. The maximum absolute atomic E-state index is 11.7. The largest absolute Gasteiger partial charge is 0.487 e. The number of fused-ring (bicyclic) bond motifs is 1. The molecule has 0 saturated carbocycles. The molecular formula is C25H21NO4. The first-order valence-electron chi connectivity index (χ1n) is 9.58. The van der Waals surface area contributed by atoms with Gasteiger partial charge in [-0.2, -0.15) is 0 Å². The summed E-state index contributed by atoms with van der Waals surface area (Å²) in [5, 5.41) is 1.04. The minimum absolute atomic E-state index is 0.240. The molecule has 5 heteroatoms. The van der Waals surface area contributed by atoms with Crippen molar-refractivity contribution in [1.82, 2.24) is 0 Å². The fourth-order valence-corrected chi connectivity index (χ4v) is 3.21. The van der Waals surface area contributed by atoms with Crippen molar-refractivity contribution in [1.29, 1.82) is 0 Å². The first kappa shape index (κ1) is 19.5. The second kappa shape index (κ2) is 8.66. The zero-order valence-electron chi connectivity index (χ0n) is 16.8. The fraction of sp³-hybridized carbons (Fsp3) is 0.120. The Morgan fingerprint density at radius 1 is 0.933 bits per heavy atom. The summed E-state index contributed by atoms with van der Waals surface area (Å²) in [6, 6.07) is 24.4. The summed E-state index contributed by atoms with van der Waals surface area (Å²) in [4.78, 5) is 16.5. The van der Waals surface area contributed by atoms with Crippen LogP contribution < -0.4 is 4.74 Å². The smallest absolute Gasteiger partial charge is 0.337 e. The first-order chi connectivity index (χ1) is 14.7. The van der Waals surface area contributed by atoms with Gasteiger partial charge in [-0.15, -0.1) is 0 Å². The van der Waals surface area contributed by atoms with E-state index in [4.69, 9.17) is 18.9 Å². The summed E-state index contributed by atoms with van der Waals surface area (Å²) >= 11 is 0. The van der Waals surface area contributed by atoms with Crippen LogP contribution in [0.1, 0.15) is 21.7 Å². The molecule has 1 aromatic heterocycles. The van der Waals surface area contributed by atoms with Gasteiger partial charge in [0, 0.05) is 10.9 Å². The summed E-state index contributed by atoms with van der Waals surface area (Å²) in [7, 11) is 1.36. The van der Waals surface area contributed by atoms with Crippen molar-refractivity contribution in [3.8, 4) is 5.75 Å². The maximum atomic E-state index is 11.7. The summed E-state index contributed by atoms with van der Waals surface area (Å²) in [6.07, 6.45) is 0. The number of carbonyl (C=O) groups excluding carboxylic acids is 1. The van der Waals surface area contributed by atoms with Crippen LogP contribution in [0.2, 0.25) is 0 Å². The van der Waals surface area contributed by atoms with E-state index in [1.807, 2.05) is 61.5 Å². The van der Waals surface area contributed by atoms with Gasteiger partial charge in [0.2, 0.25) is 0 Å². The van der Waals surface area contributed by atoms with E-state index in [0.29, 0.717) is 22.7 Å². The Hall–Kier alpha value is -3.86. The minimum Gasteiger partial charge on any atom is -0.487 e. The van der Waals surface area contributed by atoms with Crippen LogP contribution in [0.3, 0.4) is 0 Å². The summed E-state index contributed by atoms with van der Waals surface area (Å²) in [6.45, 7) is 2.25. The molecule has 0 bridgehead atoms. The Morgan fingerprint density at radius 3 is 2.33 bits per heavy atom. The second-order valence-corrected chi connectivity index (χ2v) is 6.75. The van der Waals surface area contributed by atoms with Crippen LogP contribution >= 0.6 is 0 Å². The number of benzene rings is 3. The van der Waals surface area contributed by atoms with Crippen molar-refractivity contribution in [2.75, 3.05) is 13.7 Å². The van der Waals surface area contributed by atoms with Gasteiger partial charge >= 0.3 is 5.97 Å². The molecule has 4 aromatic rings. The third-order valence-electron chi connectivity index (χ3n) is 4.78. The lowest BCUT2D eigenvalue weighted by molar-refractivity contribution is 0.0601. The molecule has 150 valence electrons. The van der Waals surface area contributed by atoms with E-state index in [1.165, 1.54) is 7.11 Å². The molecule has 5 nitrogen and oxygen atoms in total. The molecule has 0 unspecified atom stereocenters. The molecule has 0 N–H and O–H groups in total. The van der Waals surface area contributed by atoms with E-state index in [-0.39, 0.29) is 12.6 Å². The SMILES string of the molecule is COC(=O)c1ccc(N=C(COc2ccccc2)c2oc3ccccc3c2C)cc1. The predicted molar refractivity (Wildman–Crippen MR) is 117 cm³/mol. The van der Waals surface area contributed by atoms with Gasteiger partial charge in [0.1, 0.15) is 23.7 Å². The Balaban J connectivity index is 1.71. The molecule has 0 amide bonds. The third-order valence-corrected chi connectivity index (χ3v) is 4.78. The number of rotatable bonds is 6. The predicted octanol–water partition coefficient (Wildman–Crippen LogP) is 5.73. The van der Waals surface area contributed by atoms with Crippen molar-refractivity contribution in [3.63, 3.8) is 0 Å². The Bertz CT molecular complexity index is 1190. The number of furan rings is 1. The maximum Gasteiger partial charge on any atom is 0.337 e. The van der Waals surface area contributed by atoms with Crippen LogP contribution in [0.5, 0.6) is 5.75 Å². The van der Waals surface area contributed by atoms with E-state index in [9.17, 15) is 4.79 Å². The van der Waals surface area contributed by atoms with Crippen molar-refractivity contribution in [2.24, 2.45) is 4.99 Å². The van der Waals surface area contributed by atoms with E-state index in [2.05, 4.69) is 0 Å². The van der Waals surface area contributed by atoms with Gasteiger partial charge in [0.25, 0.3) is 0 Å². The highest BCUT2D eigenvalue weighted by molar-refractivity contribution is 6.05. The lowest BCUT2D eigenvalue weighted by atomic mass is 10.1. The number of esters is 1. The number of hydrogen-bond acceptors (Lipinski definition) is 5. The topological polar surface area (TPSA) is 61.0 Å². The minimum atomic E-state index is -0.383. The van der Waals surface area contributed by atoms with E-state index in [0.717, 1.165) is 22.3 Å². The molecule has 0 saturated heterocycles. The lowest BCUT2D eigenvalue weighted by Crippen LogP contribution is -2.13. The number of hydrogen-bond donors (Lipinski definition) is 0. The van der Waals surface area contributed by atoms with Gasteiger partial charge in [-0.05, 0) is 49.4 Å². The fourth-order valence-electron chi connectivity index (χ4n) is 3.21. The van der Waals surface area contributed by atoms with E-state index < -0.39 is 0 Å². The second-order valence-electron chi connectivity index (χ2n) is 6.75. The van der Waals surface area contributed by atoms with Crippen LogP contribution in [0.15, 0.2) is 88.3 Å². The van der Waals surface area contributed by atoms with Crippen LogP contribution in [0.4, 0.5) is 5.69 Å². The highest BCUT2D eigenvalue weighted by atomic mass is 16.5. The number of nitrogens with zero attached hydrogens (tertiary/aromatic N) is 1.